The smallest absolute Gasteiger partial charge is 0.315 e. The van der Waals surface area contributed by atoms with Crippen LogP contribution in [0.5, 0.6) is 11.5 Å². The van der Waals surface area contributed by atoms with E-state index in [0.717, 1.165) is 5.56 Å². The van der Waals surface area contributed by atoms with Gasteiger partial charge in [0.1, 0.15) is 5.75 Å². The molecule has 0 saturated heterocycles. The van der Waals surface area contributed by atoms with Crippen LogP contribution in [-0.4, -0.2) is 35.4 Å². The predicted molar refractivity (Wildman–Crippen MR) is 118 cm³/mol. The minimum absolute atomic E-state index is 0.0690. The molecule has 2 aromatic carbocycles. The van der Waals surface area contributed by atoms with Gasteiger partial charge in [0.15, 0.2) is 11.6 Å². The lowest BCUT2D eigenvalue weighted by Gasteiger charge is -2.17. The lowest BCUT2D eigenvalue weighted by molar-refractivity contribution is -0.130. The normalized spacial score (nSPS) is 10.3. The number of rotatable bonds is 9. The lowest BCUT2D eigenvalue weighted by atomic mass is 10.2. The van der Waals surface area contributed by atoms with Crippen LogP contribution in [-0.2, 0) is 17.9 Å². The maximum absolute atomic E-state index is 14.3. The van der Waals surface area contributed by atoms with Crippen LogP contribution in [0.2, 0.25) is 0 Å². The molecule has 32 heavy (non-hydrogen) atoms. The molecule has 1 heterocycles. The summed E-state index contributed by atoms with van der Waals surface area (Å²) < 4.78 is 19.7. The van der Waals surface area contributed by atoms with E-state index in [1.54, 1.807) is 36.3 Å². The molecule has 0 aliphatic heterocycles. The van der Waals surface area contributed by atoms with Crippen molar-refractivity contribution in [3.63, 3.8) is 0 Å². The van der Waals surface area contributed by atoms with Crippen molar-refractivity contribution in [3.8, 4) is 11.5 Å². The van der Waals surface area contributed by atoms with Crippen molar-refractivity contribution in [2.75, 3.05) is 13.6 Å². The molecule has 166 valence electrons. The fourth-order valence-corrected chi connectivity index (χ4v) is 2.94. The Balaban J connectivity index is 1.38. The van der Waals surface area contributed by atoms with Crippen molar-refractivity contribution in [1.29, 1.82) is 0 Å². The molecule has 0 aliphatic rings. The second kappa shape index (κ2) is 11.5. The first-order valence-corrected chi connectivity index (χ1v) is 10.2. The van der Waals surface area contributed by atoms with E-state index < -0.39 is 11.8 Å². The number of hydrogen-bond acceptors (Lipinski definition) is 4. The van der Waals surface area contributed by atoms with E-state index in [1.165, 1.54) is 18.3 Å². The van der Waals surface area contributed by atoms with Gasteiger partial charge in [-0.25, -0.2) is 9.18 Å². The maximum atomic E-state index is 14.3. The highest BCUT2D eigenvalue weighted by atomic mass is 19.1. The fourth-order valence-electron chi connectivity index (χ4n) is 2.94. The number of benzene rings is 2. The van der Waals surface area contributed by atoms with Crippen molar-refractivity contribution in [2.45, 2.75) is 19.5 Å². The molecule has 0 bridgehead atoms. The van der Waals surface area contributed by atoms with Gasteiger partial charge in [-0.3, -0.25) is 9.78 Å². The van der Waals surface area contributed by atoms with Crippen molar-refractivity contribution >= 4 is 11.9 Å². The first-order chi connectivity index (χ1) is 15.5. The van der Waals surface area contributed by atoms with Crippen LogP contribution in [0.4, 0.5) is 9.18 Å². The average molecular weight is 436 g/mol. The van der Waals surface area contributed by atoms with E-state index in [9.17, 15) is 14.0 Å². The van der Waals surface area contributed by atoms with Crippen LogP contribution in [0.25, 0.3) is 0 Å². The number of halogens is 1. The molecule has 0 atom stereocenters. The van der Waals surface area contributed by atoms with Gasteiger partial charge < -0.3 is 20.3 Å². The highest BCUT2D eigenvalue weighted by Gasteiger charge is 2.11. The average Bonchev–Trinajstić information content (AvgIpc) is 2.80. The zero-order valence-corrected chi connectivity index (χ0v) is 17.8. The molecular weight excluding hydrogens is 411 g/mol. The molecule has 8 heteroatoms. The van der Waals surface area contributed by atoms with Gasteiger partial charge in [0.25, 0.3) is 0 Å². The molecule has 0 unspecified atom stereocenters. The number of carbonyl (C=O) groups is 2. The Hall–Kier alpha value is -3.94. The van der Waals surface area contributed by atoms with Crippen molar-refractivity contribution < 1.29 is 18.7 Å². The first kappa shape index (κ1) is 22.7. The Kier molecular flexibility index (Phi) is 8.14. The van der Waals surface area contributed by atoms with Crippen LogP contribution in [0.15, 0.2) is 73.1 Å². The summed E-state index contributed by atoms with van der Waals surface area (Å²) in [6.07, 6.45) is 3.27. The van der Waals surface area contributed by atoms with Crippen LogP contribution in [0.1, 0.15) is 17.5 Å². The number of amides is 3. The Bertz CT molecular complexity index is 1030. The summed E-state index contributed by atoms with van der Waals surface area (Å²) in [5.74, 6) is -0.106. The maximum Gasteiger partial charge on any atom is 0.315 e. The number of urea groups is 1. The third-order valence-corrected chi connectivity index (χ3v) is 4.62. The lowest BCUT2D eigenvalue weighted by Crippen LogP contribution is -2.37. The Morgan fingerprint density at radius 2 is 1.84 bits per heavy atom. The molecule has 0 spiro atoms. The minimum atomic E-state index is -0.541. The summed E-state index contributed by atoms with van der Waals surface area (Å²) >= 11 is 0. The Labute approximate surface area is 186 Å². The van der Waals surface area contributed by atoms with Gasteiger partial charge in [0.2, 0.25) is 5.91 Å². The summed E-state index contributed by atoms with van der Waals surface area (Å²) in [6.45, 7) is 0.853. The number of pyridine rings is 1. The number of hydrogen-bond donors (Lipinski definition) is 2. The van der Waals surface area contributed by atoms with Crippen LogP contribution in [0, 0.1) is 5.82 Å². The molecule has 3 rings (SSSR count). The van der Waals surface area contributed by atoms with Crippen LogP contribution in [0.3, 0.4) is 0 Å². The van der Waals surface area contributed by atoms with E-state index in [1.807, 2.05) is 30.3 Å². The van der Waals surface area contributed by atoms with E-state index in [-0.39, 0.29) is 31.2 Å². The quantitative estimate of drug-likeness (QED) is 0.534. The highest BCUT2D eigenvalue weighted by Crippen LogP contribution is 2.24. The molecule has 0 radical (unpaired) electrons. The van der Waals surface area contributed by atoms with Gasteiger partial charge in [0, 0.05) is 39.3 Å². The number of nitrogens with one attached hydrogen (secondary N) is 2. The highest BCUT2D eigenvalue weighted by molar-refractivity contribution is 5.78. The van der Waals surface area contributed by atoms with Gasteiger partial charge in [-0.2, -0.15) is 0 Å². The van der Waals surface area contributed by atoms with Gasteiger partial charge in [-0.05, 0) is 35.4 Å². The third-order valence-electron chi connectivity index (χ3n) is 4.62. The van der Waals surface area contributed by atoms with Crippen molar-refractivity contribution in [3.05, 3.63) is 90.0 Å². The Morgan fingerprint density at radius 1 is 1.03 bits per heavy atom. The number of ether oxygens (including phenoxy) is 1. The van der Waals surface area contributed by atoms with E-state index >= 15 is 0 Å². The summed E-state index contributed by atoms with van der Waals surface area (Å²) in [5, 5.41) is 5.28. The van der Waals surface area contributed by atoms with Crippen LogP contribution >= 0.6 is 0 Å². The molecule has 1 aromatic heterocycles. The second-order valence-corrected chi connectivity index (χ2v) is 7.15. The summed E-state index contributed by atoms with van der Waals surface area (Å²) in [6, 6.07) is 17.1. The zero-order chi connectivity index (χ0) is 22.8. The van der Waals surface area contributed by atoms with Crippen LogP contribution < -0.4 is 15.4 Å². The van der Waals surface area contributed by atoms with Crippen molar-refractivity contribution in [2.24, 2.45) is 0 Å². The number of carbonyl (C=O) groups excluding carboxylic acids is 2. The molecule has 7 nitrogen and oxygen atoms in total. The second-order valence-electron chi connectivity index (χ2n) is 7.15. The summed E-state index contributed by atoms with van der Waals surface area (Å²) in [4.78, 5) is 29.7. The molecule has 0 fully saturated rings. The molecule has 2 N–H and O–H groups in total. The third kappa shape index (κ3) is 7.09. The van der Waals surface area contributed by atoms with E-state index in [2.05, 4.69) is 15.6 Å². The summed E-state index contributed by atoms with van der Waals surface area (Å²) in [5.41, 5.74) is 1.62. The fraction of sp³-hybridized carbons (Fsp3) is 0.208. The standard InChI is InChI=1S/C24H25FN4O3/c1-29(17-18-6-3-2-4-7-18)23(30)11-13-27-24(31)28-15-19-9-10-22(21(25)14-19)32-20-8-5-12-26-16-20/h2-10,12,14,16H,11,13,15,17H2,1H3,(H2,27,28,31). The minimum Gasteiger partial charge on any atom is -0.453 e. The van der Waals surface area contributed by atoms with Gasteiger partial charge >= 0.3 is 6.03 Å². The zero-order valence-electron chi connectivity index (χ0n) is 17.8. The van der Waals surface area contributed by atoms with E-state index in [4.69, 9.17) is 4.74 Å². The number of nitrogens with zero attached hydrogens (tertiary/aromatic N) is 2. The van der Waals surface area contributed by atoms with Gasteiger partial charge in [-0.15, -0.1) is 0 Å². The topological polar surface area (TPSA) is 83.6 Å². The van der Waals surface area contributed by atoms with Gasteiger partial charge in [0.05, 0.1) is 6.20 Å². The monoisotopic (exact) mass is 436 g/mol. The SMILES string of the molecule is CN(Cc1ccccc1)C(=O)CCNC(=O)NCc1ccc(Oc2cccnc2)c(F)c1. The molecule has 3 amide bonds. The molecule has 3 aromatic rings. The first-order valence-electron chi connectivity index (χ1n) is 10.2. The van der Waals surface area contributed by atoms with E-state index in [0.29, 0.717) is 17.9 Å². The molecule has 0 saturated carbocycles. The predicted octanol–water partition coefficient (Wildman–Crippen LogP) is 3.86. The number of aromatic nitrogens is 1. The summed E-state index contributed by atoms with van der Waals surface area (Å²) in [7, 11) is 1.73. The molecular formula is C24H25FN4O3. The largest absolute Gasteiger partial charge is 0.453 e. The van der Waals surface area contributed by atoms with Crippen molar-refractivity contribution in [1.82, 2.24) is 20.5 Å². The Morgan fingerprint density at radius 3 is 2.56 bits per heavy atom. The van der Waals surface area contributed by atoms with Gasteiger partial charge in [-0.1, -0.05) is 36.4 Å². The molecule has 0 aliphatic carbocycles.